The molecule has 20 heavy (non-hydrogen) atoms. The zero-order chi connectivity index (χ0) is 14.6. The van der Waals surface area contributed by atoms with Crippen LogP contribution in [0.3, 0.4) is 0 Å². The van der Waals surface area contributed by atoms with Crippen LogP contribution in [0.2, 0.25) is 0 Å². The van der Waals surface area contributed by atoms with Gasteiger partial charge in [-0.3, -0.25) is 9.63 Å². The molecule has 2 rings (SSSR count). The molecule has 1 heterocycles. The van der Waals surface area contributed by atoms with Crippen molar-refractivity contribution in [2.24, 2.45) is 0 Å². The van der Waals surface area contributed by atoms with E-state index in [9.17, 15) is 10.1 Å². The molecule has 1 aliphatic heterocycles. The van der Waals surface area contributed by atoms with Crippen LogP contribution in [0.4, 0.5) is 0 Å². The average molecular weight is 280 g/mol. The minimum atomic E-state index is -0.504. The van der Waals surface area contributed by atoms with E-state index in [1.54, 1.807) is 0 Å². The fourth-order valence-corrected chi connectivity index (χ4v) is 3.07. The number of carbonyl (C=O) groups is 1. The molecular weight excluding hydrogens is 256 g/mol. The Morgan fingerprint density at radius 2 is 2.10 bits per heavy atom. The first-order valence-electron chi connectivity index (χ1n) is 7.54. The third-order valence-corrected chi connectivity index (χ3v) is 4.24. The van der Waals surface area contributed by atoms with Crippen LogP contribution < -0.4 is 0 Å². The second-order valence-corrected chi connectivity index (χ2v) is 6.16. The molecule has 1 saturated carbocycles. The first kappa shape index (κ1) is 15.3. The van der Waals surface area contributed by atoms with Crippen LogP contribution in [-0.4, -0.2) is 35.3 Å². The first-order chi connectivity index (χ1) is 9.54. The number of carbonyl (C=O) groups excluding carboxylic acids is 1. The molecule has 0 aromatic carbocycles. The summed E-state index contributed by atoms with van der Waals surface area (Å²) in [5.74, 6) is -0.290. The molecule has 112 valence electrons. The zero-order valence-electron chi connectivity index (χ0n) is 12.4. The Morgan fingerprint density at radius 1 is 1.40 bits per heavy atom. The van der Waals surface area contributed by atoms with E-state index in [-0.39, 0.29) is 18.6 Å². The van der Waals surface area contributed by atoms with Gasteiger partial charge in [0.1, 0.15) is 18.2 Å². The quantitative estimate of drug-likeness (QED) is 0.743. The van der Waals surface area contributed by atoms with Crippen LogP contribution in [0.5, 0.6) is 0 Å². The van der Waals surface area contributed by atoms with Crippen molar-refractivity contribution < 1.29 is 14.4 Å². The van der Waals surface area contributed by atoms with Gasteiger partial charge in [-0.2, -0.15) is 10.3 Å². The zero-order valence-corrected chi connectivity index (χ0v) is 12.4. The second kappa shape index (κ2) is 6.55. The highest BCUT2D eigenvalue weighted by molar-refractivity contribution is 5.65. The van der Waals surface area contributed by atoms with Crippen molar-refractivity contribution in [3.8, 4) is 6.07 Å². The lowest BCUT2D eigenvalue weighted by Gasteiger charge is -2.46. The van der Waals surface area contributed by atoms with Gasteiger partial charge in [-0.1, -0.05) is 19.3 Å². The minimum absolute atomic E-state index is 0.177. The summed E-state index contributed by atoms with van der Waals surface area (Å²) in [5, 5.41) is 11.2. The Bertz CT molecular complexity index is 387. The van der Waals surface area contributed by atoms with E-state index >= 15 is 0 Å². The highest BCUT2D eigenvalue weighted by Gasteiger charge is 2.41. The summed E-state index contributed by atoms with van der Waals surface area (Å²) in [6.45, 7) is 3.62. The third kappa shape index (κ3) is 3.71. The molecule has 0 N–H and O–H groups in total. The molecule has 0 aromatic rings. The van der Waals surface area contributed by atoms with Gasteiger partial charge in [0.2, 0.25) is 0 Å². The lowest BCUT2D eigenvalue weighted by molar-refractivity contribution is -0.309. The molecule has 2 fully saturated rings. The van der Waals surface area contributed by atoms with E-state index in [0.29, 0.717) is 6.04 Å². The monoisotopic (exact) mass is 280 g/mol. The molecule has 5 heteroatoms. The van der Waals surface area contributed by atoms with Crippen molar-refractivity contribution in [2.45, 2.75) is 76.5 Å². The predicted octanol–water partition coefficient (Wildman–Crippen LogP) is 2.56. The maximum atomic E-state index is 11.0. The van der Waals surface area contributed by atoms with E-state index in [1.807, 2.05) is 12.0 Å². The molecule has 0 aromatic heterocycles. The average Bonchev–Trinajstić information content (AvgIpc) is 2.46. The number of nitrogens with zero attached hydrogens (tertiary/aromatic N) is 2. The SMILES string of the molecule is CC(=O)OCC1(C)CCC(C#N)N(C2CCCCC2)O1. The summed E-state index contributed by atoms with van der Waals surface area (Å²) in [6.07, 6.45) is 7.34. The molecule has 2 unspecified atom stereocenters. The van der Waals surface area contributed by atoms with Gasteiger partial charge in [0.15, 0.2) is 0 Å². The predicted molar refractivity (Wildman–Crippen MR) is 73.5 cm³/mol. The van der Waals surface area contributed by atoms with Crippen LogP contribution in [0, 0.1) is 11.3 Å². The topological polar surface area (TPSA) is 62.6 Å². The van der Waals surface area contributed by atoms with Crippen molar-refractivity contribution in [1.82, 2.24) is 5.06 Å². The largest absolute Gasteiger partial charge is 0.463 e. The van der Waals surface area contributed by atoms with Gasteiger partial charge >= 0.3 is 5.97 Å². The van der Waals surface area contributed by atoms with Crippen LogP contribution in [0.1, 0.15) is 58.8 Å². The number of hydroxylamine groups is 2. The first-order valence-corrected chi connectivity index (χ1v) is 7.54. The third-order valence-electron chi connectivity index (χ3n) is 4.24. The Kier molecular flexibility index (Phi) is 5.00. The highest BCUT2D eigenvalue weighted by Crippen LogP contribution is 2.34. The van der Waals surface area contributed by atoms with E-state index in [0.717, 1.165) is 25.7 Å². The maximum absolute atomic E-state index is 11.0. The smallest absolute Gasteiger partial charge is 0.302 e. The number of ether oxygens (including phenoxy) is 1. The number of rotatable bonds is 3. The molecule has 0 spiro atoms. The summed E-state index contributed by atoms with van der Waals surface area (Å²) in [4.78, 5) is 17.1. The Morgan fingerprint density at radius 3 is 2.70 bits per heavy atom. The van der Waals surface area contributed by atoms with Crippen molar-refractivity contribution in [1.29, 1.82) is 5.26 Å². The highest BCUT2D eigenvalue weighted by atomic mass is 16.7. The number of nitriles is 1. The van der Waals surface area contributed by atoms with E-state index in [2.05, 4.69) is 6.07 Å². The second-order valence-electron chi connectivity index (χ2n) is 6.16. The summed E-state index contributed by atoms with van der Waals surface area (Å²) >= 11 is 0. The number of hydrogen-bond acceptors (Lipinski definition) is 5. The van der Waals surface area contributed by atoms with Gasteiger partial charge in [0.25, 0.3) is 0 Å². The van der Waals surface area contributed by atoms with E-state index in [4.69, 9.17) is 9.57 Å². The summed E-state index contributed by atoms with van der Waals surface area (Å²) in [6, 6.07) is 2.49. The fraction of sp³-hybridized carbons (Fsp3) is 0.867. The van der Waals surface area contributed by atoms with Gasteiger partial charge in [-0.15, -0.1) is 0 Å². The van der Waals surface area contributed by atoms with Gasteiger partial charge in [-0.05, 0) is 32.6 Å². The van der Waals surface area contributed by atoms with E-state index < -0.39 is 5.60 Å². The minimum Gasteiger partial charge on any atom is -0.463 e. The van der Waals surface area contributed by atoms with Gasteiger partial charge in [0, 0.05) is 13.0 Å². The fourth-order valence-electron chi connectivity index (χ4n) is 3.07. The maximum Gasteiger partial charge on any atom is 0.302 e. The van der Waals surface area contributed by atoms with Gasteiger partial charge in [0.05, 0.1) is 6.07 Å². The lowest BCUT2D eigenvalue weighted by atomic mass is 9.91. The van der Waals surface area contributed by atoms with Gasteiger partial charge in [-0.25, -0.2) is 0 Å². The summed E-state index contributed by atoms with van der Waals surface area (Å²) in [7, 11) is 0. The molecule has 2 aliphatic rings. The molecule has 1 aliphatic carbocycles. The lowest BCUT2D eigenvalue weighted by Crippen LogP contribution is -2.55. The van der Waals surface area contributed by atoms with E-state index in [1.165, 1.54) is 26.2 Å². The Labute approximate surface area is 120 Å². The van der Waals surface area contributed by atoms with Gasteiger partial charge < -0.3 is 4.74 Å². The number of esters is 1. The van der Waals surface area contributed by atoms with Crippen molar-refractivity contribution in [3.05, 3.63) is 0 Å². The van der Waals surface area contributed by atoms with Crippen LogP contribution in [-0.2, 0) is 14.4 Å². The molecule has 2 atom stereocenters. The van der Waals surface area contributed by atoms with Crippen LogP contribution >= 0.6 is 0 Å². The Balaban J connectivity index is 2.02. The standard InChI is InChI=1S/C15H24N2O3/c1-12(18)19-11-15(2)9-8-14(10-16)17(20-15)13-6-4-3-5-7-13/h13-14H,3-9,11H2,1-2H3. The molecule has 1 saturated heterocycles. The van der Waals surface area contributed by atoms with Crippen molar-refractivity contribution in [2.75, 3.05) is 6.61 Å². The molecule has 0 radical (unpaired) electrons. The van der Waals surface area contributed by atoms with Crippen molar-refractivity contribution in [3.63, 3.8) is 0 Å². The summed E-state index contributed by atoms with van der Waals surface area (Å²) in [5.41, 5.74) is -0.504. The Hall–Kier alpha value is -1.12. The van der Waals surface area contributed by atoms with Crippen LogP contribution in [0.15, 0.2) is 0 Å². The molecule has 0 amide bonds. The molecular formula is C15H24N2O3. The van der Waals surface area contributed by atoms with Crippen molar-refractivity contribution >= 4 is 5.97 Å². The molecule has 5 nitrogen and oxygen atoms in total. The normalized spacial score (nSPS) is 32.5. The van der Waals surface area contributed by atoms with Crippen LogP contribution in [0.25, 0.3) is 0 Å². The summed E-state index contributed by atoms with van der Waals surface area (Å²) < 4.78 is 5.12. The number of hydrogen-bond donors (Lipinski definition) is 0. The molecule has 0 bridgehead atoms.